The van der Waals surface area contributed by atoms with Crippen LogP contribution in [0.15, 0.2) is 41.3 Å². The maximum Gasteiger partial charge on any atom is 0.318 e. The highest BCUT2D eigenvalue weighted by molar-refractivity contribution is 7.85. The van der Waals surface area contributed by atoms with Crippen LogP contribution in [0.5, 0.6) is 0 Å². The molecular weight excluding hydrogens is 475 g/mol. The predicted octanol–water partition coefficient (Wildman–Crippen LogP) is 3.54. The highest BCUT2D eigenvalue weighted by Gasteiger charge is 2.21. The number of aliphatic hydroxyl groups excluding tert-OH is 1. The van der Waals surface area contributed by atoms with Gasteiger partial charge in [-0.3, -0.25) is 13.8 Å². The molecule has 0 saturated heterocycles. The van der Waals surface area contributed by atoms with Gasteiger partial charge in [0.05, 0.1) is 46.1 Å². The minimum Gasteiger partial charge on any atom is -0.468 e. The molecule has 2 aromatic carbocycles. The molecule has 0 bridgehead atoms. The first-order valence-electron chi connectivity index (χ1n) is 9.58. The Kier molecular flexibility index (Phi) is 7.61. The van der Waals surface area contributed by atoms with Crippen LogP contribution in [-0.4, -0.2) is 45.2 Å². The van der Waals surface area contributed by atoms with Gasteiger partial charge in [-0.25, -0.2) is 0 Å². The number of halogens is 2. The van der Waals surface area contributed by atoms with Crippen molar-refractivity contribution in [2.75, 3.05) is 19.5 Å². The lowest BCUT2D eigenvalue weighted by Gasteiger charge is -2.17. The average molecular weight is 497 g/mol. The maximum atomic E-state index is 13.0. The van der Waals surface area contributed by atoms with E-state index in [1.807, 2.05) is 13.0 Å². The second-order valence-corrected chi connectivity index (χ2v) is 9.39. The molecule has 3 aromatic rings. The van der Waals surface area contributed by atoms with Gasteiger partial charge in [0.1, 0.15) is 11.4 Å². The van der Waals surface area contributed by atoms with E-state index in [9.17, 15) is 18.9 Å². The van der Waals surface area contributed by atoms with Crippen molar-refractivity contribution >= 4 is 56.8 Å². The predicted molar refractivity (Wildman–Crippen MR) is 125 cm³/mol. The highest BCUT2D eigenvalue weighted by Crippen LogP contribution is 2.35. The van der Waals surface area contributed by atoms with Gasteiger partial charge in [-0.05, 0) is 42.3 Å². The monoisotopic (exact) mass is 496 g/mol. The molecule has 7 nitrogen and oxygen atoms in total. The average Bonchev–Trinajstić information content (AvgIpc) is 3.12. The third-order valence-electron chi connectivity index (χ3n) is 5.15. The van der Waals surface area contributed by atoms with Crippen LogP contribution in [0.4, 0.5) is 0 Å². The summed E-state index contributed by atoms with van der Waals surface area (Å²) in [5.74, 6) is -1.21. The Morgan fingerprint density at radius 3 is 2.44 bits per heavy atom. The van der Waals surface area contributed by atoms with E-state index in [0.29, 0.717) is 31.6 Å². The first-order chi connectivity index (χ1) is 15.2. The smallest absolute Gasteiger partial charge is 0.318 e. The fraction of sp³-hybridized carbons (Fsp3) is 0.273. The van der Waals surface area contributed by atoms with Crippen LogP contribution >= 0.6 is 23.2 Å². The number of aryl methyl sites for hydroxylation is 2. The van der Waals surface area contributed by atoms with Crippen molar-refractivity contribution in [2.45, 2.75) is 17.9 Å². The molecule has 0 aliphatic heterocycles. The number of fused-ring (bicyclic) bond motifs is 1. The topological polar surface area (TPSA) is 97.6 Å². The van der Waals surface area contributed by atoms with Gasteiger partial charge in [0, 0.05) is 17.3 Å². The second kappa shape index (κ2) is 10.0. The summed E-state index contributed by atoms with van der Waals surface area (Å²) in [4.78, 5) is 24.7. The lowest BCUT2D eigenvalue weighted by molar-refractivity contribution is -0.137. The van der Waals surface area contributed by atoms with Crippen LogP contribution in [-0.2, 0) is 27.4 Å². The number of rotatable bonds is 7. The molecular formula is C22H22Cl2N2O5S. The van der Waals surface area contributed by atoms with E-state index < -0.39 is 28.7 Å². The molecule has 0 aliphatic carbocycles. The zero-order valence-electron chi connectivity index (χ0n) is 17.6. The van der Waals surface area contributed by atoms with Crippen LogP contribution in [0.2, 0.25) is 10.0 Å². The molecule has 1 unspecified atom stereocenters. The third-order valence-corrected chi connectivity index (χ3v) is 7.42. The Hall–Kier alpha value is -2.39. The third kappa shape index (κ3) is 4.83. The molecule has 1 heterocycles. The molecule has 32 heavy (non-hydrogen) atoms. The van der Waals surface area contributed by atoms with E-state index >= 15 is 0 Å². The van der Waals surface area contributed by atoms with Gasteiger partial charge in [0.2, 0.25) is 0 Å². The number of aliphatic hydroxyl groups is 1. The number of carbonyl (C=O) groups is 2. The molecule has 2 atom stereocenters. The van der Waals surface area contributed by atoms with Crippen molar-refractivity contribution in [1.29, 1.82) is 0 Å². The Morgan fingerprint density at radius 2 is 1.84 bits per heavy atom. The number of carbonyl (C=O) groups excluding carboxylic acids is 2. The van der Waals surface area contributed by atoms with Crippen molar-refractivity contribution in [3.05, 3.63) is 63.3 Å². The molecule has 0 saturated carbocycles. The van der Waals surface area contributed by atoms with E-state index in [4.69, 9.17) is 23.2 Å². The fourth-order valence-corrected chi connectivity index (χ4v) is 4.71. The number of esters is 1. The first kappa shape index (κ1) is 24.3. The quantitative estimate of drug-likeness (QED) is 0.487. The number of hydrogen-bond acceptors (Lipinski definition) is 5. The van der Waals surface area contributed by atoms with Crippen molar-refractivity contribution in [2.24, 2.45) is 7.05 Å². The van der Waals surface area contributed by atoms with E-state index in [1.54, 1.807) is 41.9 Å². The minimum atomic E-state index is -1.55. The van der Waals surface area contributed by atoms with Crippen molar-refractivity contribution < 1.29 is 23.6 Å². The number of amides is 1. The van der Waals surface area contributed by atoms with Crippen LogP contribution in [0.1, 0.15) is 27.7 Å². The molecule has 0 radical (unpaired) electrons. The van der Waals surface area contributed by atoms with Crippen LogP contribution in [0.25, 0.3) is 10.9 Å². The summed E-state index contributed by atoms with van der Waals surface area (Å²) in [6.45, 7) is 1.50. The fourth-order valence-electron chi connectivity index (χ4n) is 3.31. The summed E-state index contributed by atoms with van der Waals surface area (Å²) in [5.41, 5.74) is 2.54. The second-order valence-electron chi connectivity index (χ2n) is 7.19. The molecule has 170 valence electrons. The summed E-state index contributed by atoms with van der Waals surface area (Å²) >= 11 is 12.6. The Labute approximate surface area is 197 Å². The van der Waals surface area contributed by atoms with Crippen LogP contribution in [0.3, 0.4) is 0 Å². The molecule has 10 heteroatoms. The summed E-state index contributed by atoms with van der Waals surface area (Å²) in [5, 5.41) is 14.1. The molecule has 1 amide bonds. The lowest BCUT2D eigenvalue weighted by atomic mass is 10.1. The van der Waals surface area contributed by atoms with Gasteiger partial charge in [0.25, 0.3) is 5.91 Å². The zero-order chi connectivity index (χ0) is 23.6. The number of benzene rings is 2. The summed E-state index contributed by atoms with van der Waals surface area (Å²) in [7, 11) is 1.44. The summed E-state index contributed by atoms with van der Waals surface area (Å²) < 4.78 is 18.4. The Bertz CT molecular complexity index is 1210. The first-order valence-corrected chi connectivity index (χ1v) is 11.7. The number of nitrogens with one attached hydrogen (secondary N) is 1. The number of ether oxygens (including phenoxy) is 1. The van der Waals surface area contributed by atoms with E-state index in [0.717, 1.165) is 11.1 Å². The molecule has 3 rings (SSSR count). The number of aromatic nitrogens is 1. The SMILES string of the molecule is COC(=O)C[S@@](=O)c1ccc(C(CO)NC(=O)c2cc3c(Cl)c(Cl)c(C)cc3n2C)cc1. The summed E-state index contributed by atoms with van der Waals surface area (Å²) in [6.07, 6.45) is 0. The number of hydrogen-bond donors (Lipinski definition) is 2. The van der Waals surface area contributed by atoms with Gasteiger partial charge in [-0.1, -0.05) is 35.3 Å². The van der Waals surface area contributed by atoms with Crippen LogP contribution in [0, 0.1) is 6.92 Å². The van der Waals surface area contributed by atoms with Gasteiger partial charge >= 0.3 is 5.97 Å². The van der Waals surface area contributed by atoms with Gasteiger partial charge in [0.15, 0.2) is 0 Å². The molecule has 0 spiro atoms. The normalized spacial score (nSPS) is 13.1. The van der Waals surface area contributed by atoms with E-state index in [2.05, 4.69) is 10.1 Å². The van der Waals surface area contributed by atoms with Crippen molar-refractivity contribution in [1.82, 2.24) is 9.88 Å². The largest absolute Gasteiger partial charge is 0.468 e. The Morgan fingerprint density at radius 1 is 1.19 bits per heavy atom. The molecule has 2 N–H and O–H groups in total. The van der Waals surface area contributed by atoms with Crippen LogP contribution < -0.4 is 5.32 Å². The molecule has 0 fully saturated rings. The van der Waals surface area contributed by atoms with Gasteiger partial charge in [-0.2, -0.15) is 0 Å². The maximum absolute atomic E-state index is 13.0. The standard InChI is InChI=1S/C22H22Cl2N2O5S/c1-12-8-17-15(21(24)20(12)23)9-18(26(17)2)22(29)25-16(10-27)13-4-6-14(7-5-13)32(30)11-19(28)31-3/h4-9,16,27H,10-11H2,1-3H3,(H,25,29)/t16?,32-/m1/s1. The minimum absolute atomic E-state index is 0.247. The zero-order valence-corrected chi connectivity index (χ0v) is 20.0. The van der Waals surface area contributed by atoms with E-state index in [-0.39, 0.29) is 12.4 Å². The van der Waals surface area contributed by atoms with Gasteiger partial charge < -0.3 is 19.7 Å². The van der Waals surface area contributed by atoms with Crippen molar-refractivity contribution in [3.8, 4) is 0 Å². The van der Waals surface area contributed by atoms with Crippen molar-refractivity contribution in [3.63, 3.8) is 0 Å². The highest BCUT2D eigenvalue weighted by atomic mass is 35.5. The summed E-state index contributed by atoms with van der Waals surface area (Å²) in [6, 6.07) is 9.29. The molecule has 1 aromatic heterocycles. The van der Waals surface area contributed by atoms with E-state index in [1.165, 1.54) is 7.11 Å². The lowest BCUT2D eigenvalue weighted by Crippen LogP contribution is -2.32. The Balaban J connectivity index is 1.82. The number of methoxy groups -OCH3 is 1. The van der Waals surface area contributed by atoms with Gasteiger partial charge in [-0.15, -0.1) is 0 Å². The molecule has 0 aliphatic rings. The number of nitrogens with zero attached hydrogens (tertiary/aromatic N) is 1.